The highest BCUT2D eigenvalue weighted by Crippen LogP contribution is 2.70. The van der Waals surface area contributed by atoms with E-state index in [0.717, 1.165) is 42.8 Å². The normalized spacial score (nSPS) is 46.1. The summed E-state index contributed by atoms with van der Waals surface area (Å²) >= 11 is 0. The van der Waals surface area contributed by atoms with Gasteiger partial charge < -0.3 is 19.7 Å². The molecule has 0 spiro atoms. The molecule has 0 aromatic carbocycles. The number of hydrogen-bond donors (Lipinski definition) is 2. The Morgan fingerprint density at radius 1 is 0.943 bits per heavy atom. The van der Waals surface area contributed by atoms with Gasteiger partial charge in [-0.3, -0.25) is 0 Å². The standard InChI is InChI=1S/C30H46N2O3/c1-28-13-8-23(32(3)22-11-16-31-17-12-22)18-21(28)5-6-26-25(28)9-14-29(2)24(10-15-30(26,29)34)20-4-7-27(33)35-19-20/h4,7,19,21-26,31,34H,5-6,8-18H2,1-3H3/t21-,23+,24-,25+,26-,28+,29-,30+/m1/s1. The Bertz CT molecular complexity index is 968. The third-order valence-electron chi connectivity index (χ3n) is 12.4. The molecule has 6 rings (SSSR count). The van der Waals surface area contributed by atoms with Crippen molar-refractivity contribution in [2.24, 2.45) is 28.6 Å². The van der Waals surface area contributed by atoms with Crippen LogP contribution < -0.4 is 10.9 Å². The minimum atomic E-state index is -0.604. The molecule has 0 radical (unpaired) electrons. The molecule has 194 valence electrons. The Balaban J connectivity index is 1.21. The van der Waals surface area contributed by atoms with Gasteiger partial charge in [0, 0.05) is 23.6 Å². The number of nitrogens with zero attached hydrogens (tertiary/aromatic N) is 1. The topological polar surface area (TPSA) is 65.7 Å². The minimum absolute atomic E-state index is 0.135. The molecular formula is C30H46N2O3. The van der Waals surface area contributed by atoms with E-state index in [9.17, 15) is 9.90 Å². The summed E-state index contributed by atoms with van der Waals surface area (Å²) in [4.78, 5) is 14.3. The van der Waals surface area contributed by atoms with E-state index >= 15 is 0 Å². The Labute approximate surface area is 211 Å². The molecule has 0 amide bonds. The summed E-state index contributed by atoms with van der Waals surface area (Å²) in [5.74, 6) is 2.11. The van der Waals surface area contributed by atoms with Gasteiger partial charge in [-0.25, -0.2) is 4.79 Å². The lowest BCUT2D eigenvalue weighted by atomic mass is 9.43. The Kier molecular flexibility index (Phi) is 6.01. The van der Waals surface area contributed by atoms with Crippen LogP contribution in [0.1, 0.15) is 96.0 Å². The quantitative estimate of drug-likeness (QED) is 0.639. The molecule has 0 unspecified atom stereocenters. The van der Waals surface area contributed by atoms with Gasteiger partial charge in [-0.2, -0.15) is 0 Å². The number of fused-ring (bicyclic) bond motifs is 5. The Morgan fingerprint density at radius 2 is 1.74 bits per heavy atom. The monoisotopic (exact) mass is 482 g/mol. The first-order valence-corrected chi connectivity index (χ1v) is 14.5. The number of aliphatic hydroxyl groups is 1. The zero-order valence-corrected chi connectivity index (χ0v) is 22.1. The Hall–Kier alpha value is -1.17. The van der Waals surface area contributed by atoms with Crippen LogP contribution in [0.2, 0.25) is 0 Å². The summed E-state index contributed by atoms with van der Waals surface area (Å²) in [6.45, 7) is 7.27. The van der Waals surface area contributed by atoms with E-state index in [2.05, 4.69) is 31.1 Å². The second-order valence-electron chi connectivity index (χ2n) is 13.4. The fourth-order valence-electron chi connectivity index (χ4n) is 10.2. The molecule has 5 aliphatic rings. The van der Waals surface area contributed by atoms with Crippen LogP contribution >= 0.6 is 0 Å². The molecule has 5 nitrogen and oxygen atoms in total. The molecule has 5 fully saturated rings. The summed E-state index contributed by atoms with van der Waals surface area (Å²) in [5.41, 5.74) is 0.437. The first kappa shape index (κ1) is 24.2. The van der Waals surface area contributed by atoms with Gasteiger partial charge >= 0.3 is 5.63 Å². The van der Waals surface area contributed by atoms with Crippen molar-refractivity contribution < 1.29 is 9.52 Å². The molecule has 1 aromatic heterocycles. The maximum absolute atomic E-state index is 12.5. The van der Waals surface area contributed by atoms with Crippen molar-refractivity contribution in [3.63, 3.8) is 0 Å². The van der Waals surface area contributed by atoms with Gasteiger partial charge in [-0.05, 0) is 131 Å². The van der Waals surface area contributed by atoms with Crippen LogP contribution in [0, 0.1) is 28.6 Å². The van der Waals surface area contributed by atoms with Crippen molar-refractivity contribution >= 4 is 0 Å². The van der Waals surface area contributed by atoms with Crippen molar-refractivity contribution in [2.75, 3.05) is 20.1 Å². The first-order chi connectivity index (χ1) is 16.8. The van der Waals surface area contributed by atoms with E-state index in [1.54, 1.807) is 12.3 Å². The molecule has 2 N–H and O–H groups in total. The molecule has 1 aliphatic heterocycles. The van der Waals surface area contributed by atoms with E-state index in [1.807, 2.05) is 6.07 Å². The van der Waals surface area contributed by atoms with Crippen LogP contribution in [0.15, 0.2) is 27.6 Å². The third-order valence-corrected chi connectivity index (χ3v) is 12.4. The molecule has 35 heavy (non-hydrogen) atoms. The summed E-state index contributed by atoms with van der Waals surface area (Å²) < 4.78 is 5.25. The fraction of sp³-hybridized carbons (Fsp3) is 0.833. The maximum atomic E-state index is 12.5. The van der Waals surface area contributed by atoms with Crippen molar-refractivity contribution in [3.05, 3.63) is 34.4 Å². The van der Waals surface area contributed by atoms with E-state index in [0.29, 0.717) is 17.3 Å². The molecule has 5 heteroatoms. The second-order valence-corrected chi connectivity index (χ2v) is 13.4. The Morgan fingerprint density at radius 3 is 2.49 bits per heavy atom. The lowest BCUT2D eigenvalue weighted by Gasteiger charge is -2.64. The molecule has 8 atom stereocenters. The highest BCUT2D eigenvalue weighted by molar-refractivity contribution is 5.27. The highest BCUT2D eigenvalue weighted by atomic mass is 16.4. The van der Waals surface area contributed by atoms with Crippen LogP contribution in [-0.4, -0.2) is 47.8 Å². The first-order valence-electron chi connectivity index (χ1n) is 14.5. The van der Waals surface area contributed by atoms with Crippen LogP contribution in [0.3, 0.4) is 0 Å². The van der Waals surface area contributed by atoms with E-state index in [4.69, 9.17) is 4.42 Å². The third kappa shape index (κ3) is 3.62. The van der Waals surface area contributed by atoms with Crippen LogP contribution in [0.4, 0.5) is 0 Å². The lowest BCUT2D eigenvalue weighted by Crippen LogP contribution is -2.62. The number of piperidine rings is 1. The summed E-state index contributed by atoms with van der Waals surface area (Å²) in [6.07, 6.45) is 14.9. The molecule has 1 saturated heterocycles. The average Bonchev–Trinajstić information content (AvgIpc) is 3.15. The van der Waals surface area contributed by atoms with Crippen molar-refractivity contribution in [1.29, 1.82) is 0 Å². The lowest BCUT2D eigenvalue weighted by molar-refractivity contribution is -0.204. The zero-order chi connectivity index (χ0) is 24.4. The van der Waals surface area contributed by atoms with Crippen molar-refractivity contribution in [3.8, 4) is 0 Å². The second kappa shape index (κ2) is 8.70. The SMILES string of the molecule is CN(C1CCNCC1)[C@H]1CC[C@@]2(C)[C@H](CC[C@@H]3[C@@H]2CC[C@]2(C)[C@@H](c4ccc(=O)oc4)CC[C@]32O)C1. The maximum Gasteiger partial charge on any atom is 0.335 e. The van der Waals surface area contributed by atoms with Gasteiger partial charge in [0.25, 0.3) is 0 Å². The smallest absolute Gasteiger partial charge is 0.335 e. The van der Waals surface area contributed by atoms with Crippen LogP contribution in [0.25, 0.3) is 0 Å². The number of hydrogen-bond acceptors (Lipinski definition) is 5. The zero-order valence-electron chi connectivity index (χ0n) is 22.1. The molecule has 0 bridgehead atoms. The van der Waals surface area contributed by atoms with Crippen LogP contribution in [0.5, 0.6) is 0 Å². The predicted octanol–water partition coefficient (Wildman–Crippen LogP) is 4.93. The van der Waals surface area contributed by atoms with E-state index in [-0.39, 0.29) is 17.0 Å². The summed E-state index contributed by atoms with van der Waals surface area (Å²) in [5, 5.41) is 16.0. The van der Waals surface area contributed by atoms with Gasteiger partial charge in [0.2, 0.25) is 0 Å². The molecular weight excluding hydrogens is 436 g/mol. The summed E-state index contributed by atoms with van der Waals surface area (Å²) in [7, 11) is 2.40. The van der Waals surface area contributed by atoms with E-state index < -0.39 is 5.60 Å². The average molecular weight is 483 g/mol. The highest BCUT2D eigenvalue weighted by Gasteiger charge is 2.67. The number of nitrogens with one attached hydrogen (secondary N) is 1. The van der Waals surface area contributed by atoms with Gasteiger partial charge in [0.15, 0.2) is 0 Å². The van der Waals surface area contributed by atoms with E-state index in [1.165, 1.54) is 64.5 Å². The van der Waals surface area contributed by atoms with Crippen molar-refractivity contribution in [1.82, 2.24) is 10.2 Å². The van der Waals surface area contributed by atoms with Crippen LogP contribution in [-0.2, 0) is 0 Å². The van der Waals surface area contributed by atoms with Gasteiger partial charge in [-0.1, -0.05) is 13.8 Å². The van der Waals surface area contributed by atoms with Gasteiger partial charge in [0.05, 0.1) is 11.9 Å². The molecule has 1 aromatic rings. The fourth-order valence-corrected chi connectivity index (χ4v) is 10.2. The predicted molar refractivity (Wildman–Crippen MR) is 138 cm³/mol. The largest absolute Gasteiger partial charge is 0.431 e. The molecule has 2 heterocycles. The van der Waals surface area contributed by atoms with Gasteiger partial charge in [0.1, 0.15) is 0 Å². The summed E-state index contributed by atoms with van der Waals surface area (Å²) in [6, 6.07) is 4.97. The van der Waals surface area contributed by atoms with Crippen molar-refractivity contribution in [2.45, 2.75) is 108 Å². The molecule has 4 saturated carbocycles. The van der Waals surface area contributed by atoms with Gasteiger partial charge in [-0.15, -0.1) is 0 Å². The minimum Gasteiger partial charge on any atom is -0.431 e. The number of rotatable bonds is 3. The molecule has 4 aliphatic carbocycles.